The van der Waals surface area contributed by atoms with Gasteiger partial charge in [-0.2, -0.15) is 0 Å². The second-order valence-corrected chi connectivity index (χ2v) is 5.75. The molecule has 0 rings (SSSR count). The summed E-state index contributed by atoms with van der Waals surface area (Å²) < 4.78 is 0. The van der Waals surface area contributed by atoms with Crippen molar-refractivity contribution in [2.24, 2.45) is 11.8 Å². The van der Waals surface area contributed by atoms with Crippen LogP contribution in [0.2, 0.25) is 0 Å². The highest BCUT2D eigenvalue weighted by molar-refractivity contribution is 5.82. The Hall–Kier alpha value is -0.410. The Morgan fingerprint density at radius 3 is 2.17 bits per heavy atom. The number of unbranched alkanes of at least 4 members (excludes halogenated alkanes) is 1. The van der Waals surface area contributed by atoms with Crippen LogP contribution in [-0.2, 0) is 4.79 Å². The number of hydrogen-bond acceptors (Lipinski definition) is 3. The van der Waals surface area contributed by atoms with E-state index in [1.807, 2.05) is 20.9 Å². The fourth-order valence-electron chi connectivity index (χ4n) is 2.13. The van der Waals surface area contributed by atoms with E-state index in [0.717, 1.165) is 32.4 Å². The van der Waals surface area contributed by atoms with E-state index in [9.17, 15) is 4.79 Å². The van der Waals surface area contributed by atoms with Crippen molar-refractivity contribution in [2.75, 3.05) is 20.1 Å². The molecule has 108 valence electrons. The van der Waals surface area contributed by atoms with E-state index in [-0.39, 0.29) is 11.8 Å². The van der Waals surface area contributed by atoms with E-state index < -0.39 is 0 Å². The number of Topliss-reactive ketones (excluding diaryl/α,β-unsaturated/α-hetero) is 1. The van der Waals surface area contributed by atoms with Crippen LogP contribution in [-0.4, -0.2) is 32.0 Å². The van der Waals surface area contributed by atoms with Gasteiger partial charge in [-0.3, -0.25) is 4.79 Å². The molecule has 0 aliphatic carbocycles. The molecule has 0 aromatic carbocycles. The van der Waals surface area contributed by atoms with Gasteiger partial charge >= 0.3 is 0 Å². The van der Waals surface area contributed by atoms with Gasteiger partial charge in [0.05, 0.1) is 0 Å². The van der Waals surface area contributed by atoms with Crippen LogP contribution in [0.25, 0.3) is 0 Å². The minimum atomic E-state index is 0.167. The first-order valence-electron chi connectivity index (χ1n) is 7.40. The third-order valence-electron chi connectivity index (χ3n) is 3.25. The van der Waals surface area contributed by atoms with Crippen molar-refractivity contribution in [3.05, 3.63) is 0 Å². The van der Waals surface area contributed by atoms with Crippen molar-refractivity contribution in [3.8, 4) is 0 Å². The van der Waals surface area contributed by atoms with Gasteiger partial charge in [-0.05, 0) is 39.4 Å². The van der Waals surface area contributed by atoms with Gasteiger partial charge in [0.15, 0.2) is 0 Å². The van der Waals surface area contributed by atoms with Crippen LogP contribution in [0.3, 0.4) is 0 Å². The van der Waals surface area contributed by atoms with Crippen molar-refractivity contribution in [3.63, 3.8) is 0 Å². The van der Waals surface area contributed by atoms with E-state index in [2.05, 4.69) is 24.5 Å². The molecule has 1 atom stereocenters. The van der Waals surface area contributed by atoms with Crippen molar-refractivity contribution < 1.29 is 4.79 Å². The highest BCUT2D eigenvalue weighted by atomic mass is 16.1. The second-order valence-electron chi connectivity index (χ2n) is 5.75. The van der Waals surface area contributed by atoms with Crippen molar-refractivity contribution in [2.45, 2.75) is 59.4 Å². The lowest BCUT2D eigenvalue weighted by atomic mass is 9.88. The first kappa shape index (κ1) is 17.6. The van der Waals surface area contributed by atoms with Crippen molar-refractivity contribution in [1.29, 1.82) is 0 Å². The van der Waals surface area contributed by atoms with Gasteiger partial charge in [0.25, 0.3) is 0 Å². The van der Waals surface area contributed by atoms with Gasteiger partial charge in [-0.15, -0.1) is 0 Å². The molecule has 0 aliphatic heterocycles. The molecule has 0 saturated heterocycles. The normalized spacial score (nSPS) is 13.3. The SMILES string of the molecule is CNCCC(CCCCNC(C)C)C(=O)C(C)C. The average molecular weight is 256 g/mol. The zero-order chi connectivity index (χ0) is 14.0. The molecule has 0 radical (unpaired) electrons. The van der Waals surface area contributed by atoms with Gasteiger partial charge in [-0.25, -0.2) is 0 Å². The number of rotatable bonds is 11. The number of nitrogens with one attached hydrogen (secondary N) is 2. The third kappa shape index (κ3) is 8.65. The Bertz CT molecular complexity index is 215. The lowest BCUT2D eigenvalue weighted by molar-refractivity contribution is -0.126. The Morgan fingerprint density at radius 1 is 1.00 bits per heavy atom. The smallest absolute Gasteiger partial charge is 0.138 e. The maximum atomic E-state index is 12.1. The highest BCUT2D eigenvalue weighted by Crippen LogP contribution is 2.17. The van der Waals surface area contributed by atoms with Gasteiger partial charge in [0.1, 0.15) is 5.78 Å². The van der Waals surface area contributed by atoms with Crippen LogP contribution < -0.4 is 10.6 Å². The largest absolute Gasteiger partial charge is 0.320 e. The summed E-state index contributed by atoms with van der Waals surface area (Å²) in [5.74, 6) is 0.846. The van der Waals surface area contributed by atoms with Gasteiger partial charge in [0.2, 0.25) is 0 Å². The summed E-state index contributed by atoms with van der Waals surface area (Å²) in [7, 11) is 1.95. The van der Waals surface area contributed by atoms with E-state index in [0.29, 0.717) is 11.8 Å². The maximum absolute atomic E-state index is 12.1. The standard InChI is InChI=1S/C15H32N2O/c1-12(2)15(18)14(9-11-16-5)8-6-7-10-17-13(3)4/h12-14,16-17H,6-11H2,1-5H3. The molecule has 0 spiro atoms. The van der Waals surface area contributed by atoms with E-state index >= 15 is 0 Å². The molecule has 18 heavy (non-hydrogen) atoms. The third-order valence-corrected chi connectivity index (χ3v) is 3.25. The molecule has 0 fully saturated rings. The summed E-state index contributed by atoms with van der Waals surface area (Å²) in [6, 6.07) is 0.558. The number of ketones is 1. The zero-order valence-corrected chi connectivity index (χ0v) is 12.9. The Kier molecular flexibility index (Phi) is 10.3. The molecule has 2 N–H and O–H groups in total. The summed E-state index contributed by atoms with van der Waals surface area (Å²) >= 11 is 0. The van der Waals surface area contributed by atoms with Crippen LogP contribution in [0.5, 0.6) is 0 Å². The van der Waals surface area contributed by atoms with Gasteiger partial charge in [-0.1, -0.05) is 34.1 Å². The van der Waals surface area contributed by atoms with Crippen LogP contribution >= 0.6 is 0 Å². The molecule has 0 aromatic heterocycles. The molecule has 3 heteroatoms. The van der Waals surface area contributed by atoms with Crippen molar-refractivity contribution >= 4 is 5.78 Å². The fraction of sp³-hybridized carbons (Fsp3) is 0.933. The van der Waals surface area contributed by atoms with E-state index in [1.165, 1.54) is 6.42 Å². The van der Waals surface area contributed by atoms with Crippen LogP contribution in [0, 0.1) is 11.8 Å². The predicted octanol–water partition coefficient (Wildman–Crippen LogP) is 2.61. The van der Waals surface area contributed by atoms with Crippen LogP contribution in [0.4, 0.5) is 0 Å². The minimum absolute atomic E-state index is 0.167. The Morgan fingerprint density at radius 2 is 1.67 bits per heavy atom. The summed E-state index contributed by atoms with van der Waals surface area (Å²) in [5.41, 5.74) is 0. The van der Waals surface area contributed by atoms with Crippen molar-refractivity contribution in [1.82, 2.24) is 10.6 Å². The van der Waals surface area contributed by atoms with Gasteiger partial charge in [0, 0.05) is 17.9 Å². The molecular formula is C15H32N2O. The minimum Gasteiger partial charge on any atom is -0.320 e. The number of carbonyl (C=O) groups is 1. The van der Waals surface area contributed by atoms with E-state index in [4.69, 9.17) is 0 Å². The van der Waals surface area contributed by atoms with Gasteiger partial charge < -0.3 is 10.6 Å². The van der Waals surface area contributed by atoms with Crippen LogP contribution in [0.1, 0.15) is 53.4 Å². The average Bonchev–Trinajstić information content (AvgIpc) is 2.31. The van der Waals surface area contributed by atoms with Crippen LogP contribution in [0.15, 0.2) is 0 Å². The number of hydrogen-bond donors (Lipinski definition) is 2. The molecule has 1 unspecified atom stereocenters. The molecule has 0 aliphatic rings. The quantitative estimate of drug-likeness (QED) is 0.558. The highest BCUT2D eigenvalue weighted by Gasteiger charge is 2.20. The lowest BCUT2D eigenvalue weighted by Crippen LogP contribution is -2.25. The summed E-state index contributed by atoms with van der Waals surface area (Å²) in [4.78, 5) is 12.1. The topological polar surface area (TPSA) is 41.1 Å². The summed E-state index contributed by atoms with van der Waals surface area (Å²) in [5, 5.41) is 6.56. The molecule has 0 aromatic rings. The molecule has 3 nitrogen and oxygen atoms in total. The second kappa shape index (κ2) is 10.5. The first-order valence-corrected chi connectivity index (χ1v) is 7.40. The lowest BCUT2D eigenvalue weighted by Gasteiger charge is -2.18. The maximum Gasteiger partial charge on any atom is 0.138 e. The monoisotopic (exact) mass is 256 g/mol. The molecule has 0 heterocycles. The fourth-order valence-corrected chi connectivity index (χ4v) is 2.13. The van der Waals surface area contributed by atoms with E-state index in [1.54, 1.807) is 0 Å². The molecule has 0 amide bonds. The molecule has 0 bridgehead atoms. The number of carbonyl (C=O) groups excluding carboxylic acids is 1. The zero-order valence-electron chi connectivity index (χ0n) is 12.9. The predicted molar refractivity (Wildman–Crippen MR) is 78.9 cm³/mol. The first-order chi connectivity index (χ1) is 8.49. The Labute approximate surface area is 113 Å². The summed E-state index contributed by atoms with van der Waals surface area (Å²) in [6.45, 7) is 10.3. The summed E-state index contributed by atoms with van der Waals surface area (Å²) in [6.07, 6.45) is 4.33. The molecular weight excluding hydrogens is 224 g/mol. The Balaban J connectivity index is 3.90. The molecule has 0 saturated carbocycles.